The molecule has 64 valence electrons. The van der Waals surface area contributed by atoms with E-state index in [-0.39, 0.29) is 0 Å². The minimum Gasteiger partial charge on any atom is -0.299 e. The molecule has 0 aromatic rings. The Morgan fingerprint density at radius 2 is 2.36 bits per heavy atom. The van der Waals surface area contributed by atoms with Crippen LogP contribution in [0.1, 0.15) is 26.2 Å². The highest BCUT2D eigenvalue weighted by atomic mass is 16.1. The number of nitrogens with zero attached hydrogens (tertiary/aromatic N) is 1. The first kappa shape index (κ1) is 8.72. The Hall–Kier alpha value is -0.370. The van der Waals surface area contributed by atoms with Crippen molar-refractivity contribution in [2.45, 2.75) is 26.2 Å². The van der Waals surface area contributed by atoms with Crippen LogP contribution in [-0.2, 0) is 4.79 Å². The van der Waals surface area contributed by atoms with E-state index in [1.807, 2.05) is 7.05 Å². The Bertz CT molecular complexity index is 144. The number of carbonyl (C=O) groups is 1. The van der Waals surface area contributed by atoms with Gasteiger partial charge in [0.05, 0.1) is 6.54 Å². The molecule has 2 nitrogen and oxygen atoms in total. The van der Waals surface area contributed by atoms with Crippen molar-refractivity contribution in [3.05, 3.63) is 0 Å². The molecule has 0 radical (unpaired) electrons. The number of ketones is 1. The fraction of sp³-hybridized carbons (Fsp3) is 0.889. The number of likely N-dealkylation sites (N-methyl/N-ethyl adjacent to an activating group) is 1. The minimum atomic E-state index is 0.371. The van der Waals surface area contributed by atoms with Gasteiger partial charge in [-0.15, -0.1) is 0 Å². The number of piperidine rings is 1. The van der Waals surface area contributed by atoms with Crippen LogP contribution in [0, 0.1) is 5.92 Å². The molecule has 0 aromatic carbocycles. The van der Waals surface area contributed by atoms with Gasteiger partial charge in [0.15, 0.2) is 0 Å². The summed E-state index contributed by atoms with van der Waals surface area (Å²) in [6, 6.07) is 0. The third kappa shape index (κ3) is 2.29. The summed E-state index contributed by atoms with van der Waals surface area (Å²) in [5, 5.41) is 0. The van der Waals surface area contributed by atoms with E-state index < -0.39 is 0 Å². The standard InChI is InChI=1S/C9H17NO/c1-3-4-8-5-6-10(2)7-9(8)11/h8H,3-7H2,1-2H3. The molecule has 1 rings (SSSR count). The SMILES string of the molecule is CCCC1CCN(C)CC1=O. The zero-order chi connectivity index (χ0) is 8.27. The van der Waals surface area contributed by atoms with E-state index in [1.165, 1.54) is 0 Å². The third-order valence-corrected chi connectivity index (χ3v) is 2.38. The number of likely N-dealkylation sites (tertiary alicyclic amines) is 1. The van der Waals surface area contributed by atoms with E-state index in [0.717, 1.165) is 25.8 Å². The largest absolute Gasteiger partial charge is 0.299 e. The van der Waals surface area contributed by atoms with Gasteiger partial charge in [-0.1, -0.05) is 13.3 Å². The lowest BCUT2D eigenvalue weighted by molar-refractivity contribution is -0.126. The van der Waals surface area contributed by atoms with Crippen LogP contribution < -0.4 is 0 Å². The molecule has 0 aromatic heterocycles. The second-order valence-electron chi connectivity index (χ2n) is 3.48. The summed E-state index contributed by atoms with van der Waals surface area (Å²) in [6.07, 6.45) is 3.30. The van der Waals surface area contributed by atoms with E-state index in [0.29, 0.717) is 18.2 Å². The Kier molecular flexibility index (Phi) is 3.06. The summed E-state index contributed by atoms with van der Waals surface area (Å²) >= 11 is 0. The first-order valence-corrected chi connectivity index (χ1v) is 4.45. The second kappa shape index (κ2) is 3.86. The van der Waals surface area contributed by atoms with Crippen molar-refractivity contribution in [3.8, 4) is 0 Å². The van der Waals surface area contributed by atoms with E-state index in [2.05, 4.69) is 11.8 Å². The summed E-state index contributed by atoms with van der Waals surface area (Å²) in [4.78, 5) is 13.5. The molecule has 1 aliphatic heterocycles. The van der Waals surface area contributed by atoms with Crippen molar-refractivity contribution in [3.63, 3.8) is 0 Å². The second-order valence-corrected chi connectivity index (χ2v) is 3.48. The highest BCUT2D eigenvalue weighted by Crippen LogP contribution is 2.17. The molecule has 1 atom stereocenters. The fourth-order valence-electron chi connectivity index (χ4n) is 1.67. The molecule has 1 heterocycles. The predicted molar refractivity (Wildman–Crippen MR) is 45.5 cm³/mol. The third-order valence-electron chi connectivity index (χ3n) is 2.38. The highest BCUT2D eigenvalue weighted by molar-refractivity contribution is 5.83. The van der Waals surface area contributed by atoms with Crippen molar-refractivity contribution < 1.29 is 4.79 Å². The van der Waals surface area contributed by atoms with Crippen molar-refractivity contribution in [1.29, 1.82) is 0 Å². The smallest absolute Gasteiger partial charge is 0.149 e. The molecular formula is C9H17NO. The summed E-state index contributed by atoms with van der Waals surface area (Å²) < 4.78 is 0. The predicted octanol–water partition coefficient (Wildman–Crippen LogP) is 1.31. The average molecular weight is 155 g/mol. The van der Waals surface area contributed by atoms with Crippen LogP contribution in [0.15, 0.2) is 0 Å². The van der Waals surface area contributed by atoms with Gasteiger partial charge < -0.3 is 0 Å². The molecular weight excluding hydrogens is 138 g/mol. The molecule has 0 bridgehead atoms. The van der Waals surface area contributed by atoms with Gasteiger partial charge in [-0.2, -0.15) is 0 Å². The van der Waals surface area contributed by atoms with Crippen molar-refractivity contribution in [2.75, 3.05) is 20.1 Å². The number of hydrogen-bond acceptors (Lipinski definition) is 2. The molecule has 2 heteroatoms. The lowest BCUT2D eigenvalue weighted by Crippen LogP contribution is -2.38. The van der Waals surface area contributed by atoms with Gasteiger partial charge in [-0.05, 0) is 26.4 Å². The molecule has 1 unspecified atom stereocenters. The molecule has 0 spiro atoms. The van der Waals surface area contributed by atoms with E-state index >= 15 is 0 Å². The normalized spacial score (nSPS) is 27.5. The van der Waals surface area contributed by atoms with Crippen LogP contribution in [-0.4, -0.2) is 30.8 Å². The van der Waals surface area contributed by atoms with Crippen molar-refractivity contribution >= 4 is 5.78 Å². The zero-order valence-electron chi connectivity index (χ0n) is 7.47. The molecule has 0 saturated carbocycles. The quantitative estimate of drug-likeness (QED) is 0.599. The van der Waals surface area contributed by atoms with E-state index in [1.54, 1.807) is 0 Å². The maximum absolute atomic E-state index is 11.4. The van der Waals surface area contributed by atoms with E-state index in [9.17, 15) is 4.79 Å². The van der Waals surface area contributed by atoms with Crippen LogP contribution in [0.3, 0.4) is 0 Å². The van der Waals surface area contributed by atoms with Gasteiger partial charge in [-0.3, -0.25) is 9.69 Å². The van der Waals surface area contributed by atoms with Crippen LogP contribution >= 0.6 is 0 Å². The first-order chi connectivity index (χ1) is 5.24. The summed E-state index contributed by atoms with van der Waals surface area (Å²) in [7, 11) is 2.01. The van der Waals surface area contributed by atoms with Gasteiger partial charge in [0, 0.05) is 5.92 Å². The van der Waals surface area contributed by atoms with E-state index in [4.69, 9.17) is 0 Å². The Morgan fingerprint density at radius 3 is 2.91 bits per heavy atom. The van der Waals surface area contributed by atoms with Crippen LogP contribution in [0.2, 0.25) is 0 Å². The number of rotatable bonds is 2. The van der Waals surface area contributed by atoms with Crippen LogP contribution in [0.4, 0.5) is 0 Å². The molecule has 0 N–H and O–H groups in total. The van der Waals surface area contributed by atoms with Crippen LogP contribution in [0.25, 0.3) is 0 Å². The lowest BCUT2D eigenvalue weighted by Gasteiger charge is -2.27. The minimum absolute atomic E-state index is 0.371. The lowest BCUT2D eigenvalue weighted by atomic mass is 9.92. The Morgan fingerprint density at radius 1 is 1.64 bits per heavy atom. The zero-order valence-corrected chi connectivity index (χ0v) is 7.47. The van der Waals surface area contributed by atoms with Gasteiger partial charge in [-0.25, -0.2) is 0 Å². The topological polar surface area (TPSA) is 20.3 Å². The Labute approximate surface area is 68.6 Å². The average Bonchev–Trinajstić information content (AvgIpc) is 1.95. The van der Waals surface area contributed by atoms with Crippen LogP contribution in [0.5, 0.6) is 0 Å². The molecule has 1 saturated heterocycles. The number of Topliss-reactive ketones (excluding diaryl/α,β-unsaturated/α-hetero) is 1. The summed E-state index contributed by atoms with van der Waals surface area (Å²) in [6.45, 7) is 3.91. The van der Waals surface area contributed by atoms with Gasteiger partial charge in [0.1, 0.15) is 5.78 Å². The highest BCUT2D eigenvalue weighted by Gasteiger charge is 2.23. The fourth-order valence-corrected chi connectivity index (χ4v) is 1.67. The van der Waals surface area contributed by atoms with Gasteiger partial charge >= 0.3 is 0 Å². The number of carbonyl (C=O) groups excluding carboxylic acids is 1. The summed E-state index contributed by atoms with van der Waals surface area (Å²) in [5.41, 5.74) is 0. The molecule has 11 heavy (non-hydrogen) atoms. The van der Waals surface area contributed by atoms with Crippen molar-refractivity contribution in [2.24, 2.45) is 5.92 Å². The monoisotopic (exact) mass is 155 g/mol. The maximum atomic E-state index is 11.4. The molecule has 0 aliphatic carbocycles. The molecule has 1 fully saturated rings. The van der Waals surface area contributed by atoms with Gasteiger partial charge in [0.2, 0.25) is 0 Å². The first-order valence-electron chi connectivity index (χ1n) is 4.45. The molecule has 1 aliphatic rings. The molecule has 0 amide bonds. The van der Waals surface area contributed by atoms with Gasteiger partial charge in [0.25, 0.3) is 0 Å². The number of hydrogen-bond donors (Lipinski definition) is 0. The maximum Gasteiger partial charge on any atom is 0.149 e. The van der Waals surface area contributed by atoms with Crippen molar-refractivity contribution in [1.82, 2.24) is 4.90 Å². The summed E-state index contributed by atoms with van der Waals surface area (Å²) in [5.74, 6) is 0.816. The Balaban J connectivity index is 2.38.